The van der Waals surface area contributed by atoms with E-state index in [1.807, 2.05) is 69.6 Å². The number of piperazine rings is 1. The number of carbonyl (C=O) groups is 3. The molecular formula is C55H70N12O7S. The first-order valence-electron chi connectivity index (χ1n) is 25.6. The van der Waals surface area contributed by atoms with E-state index < -0.39 is 35.1 Å². The zero-order valence-electron chi connectivity index (χ0n) is 43.8. The molecule has 2 saturated heterocycles. The first-order valence-corrected chi connectivity index (χ1v) is 26.5. The number of aliphatic hydroxyl groups is 2. The van der Waals surface area contributed by atoms with Crippen molar-refractivity contribution in [2.45, 2.75) is 104 Å². The lowest BCUT2D eigenvalue weighted by molar-refractivity contribution is -0.144. The molecule has 6 heterocycles. The fraction of sp³-hybridized carbons (Fsp3) is 0.455. The molecule has 398 valence electrons. The number of rotatable bonds is 21. The number of aromatic nitrogens is 6. The third kappa shape index (κ3) is 13.3. The second-order valence-corrected chi connectivity index (χ2v) is 21.7. The minimum Gasteiger partial charge on any atom is -0.391 e. The molecule has 4 aromatic heterocycles. The fourth-order valence-electron chi connectivity index (χ4n) is 9.45. The Labute approximate surface area is 441 Å². The van der Waals surface area contributed by atoms with Crippen LogP contribution in [0.2, 0.25) is 0 Å². The van der Waals surface area contributed by atoms with Crippen molar-refractivity contribution in [2.75, 3.05) is 62.7 Å². The van der Waals surface area contributed by atoms with Crippen molar-refractivity contribution < 1.29 is 29.3 Å². The van der Waals surface area contributed by atoms with Crippen LogP contribution in [0.1, 0.15) is 77.3 Å². The highest BCUT2D eigenvalue weighted by Crippen LogP contribution is 2.29. The molecule has 75 heavy (non-hydrogen) atoms. The van der Waals surface area contributed by atoms with Crippen molar-refractivity contribution in [1.82, 2.24) is 49.7 Å². The van der Waals surface area contributed by atoms with Crippen molar-refractivity contribution in [3.05, 3.63) is 118 Å². The van der Waals surface area contributed by atoms with Crippen LogP contribution in [0.5, 0.6) is 0 Å². The number of nitrogens with one attached hydrogen (secondary N) is 3. The number of β-amino-alcohol motifs (C(OH)–C–C–N with tert-alkyl or cyclic N) is 1. The lowest BCUT2D eigenvalue weighted by Crippen LogP contribution is -2.57. The van der Waals surface area contributed by atoms with Crippen LogP contribution in [0.4, 0.5) is 17.3 Å². The number of ether oxygens (including phenoxy) is 1. The molecule has 0 unspecified atom stereocenters. The van der Waals surface area contributed by atoms with Gasteiger partial charge < -0.3 is 40.7 Å². The van der Waals surface area contributed by atoms with Crippen molar-refractivity contribution >= 4 is 57.4 Å². The molecule has 0 bridgehead atoms. The molecule has 2 aliphatic rings. The quantitative estimate of drug-likeness (QED) is 0.0432. The predicted molar refractivity (Wildman–Crippen MR) is 291 cm³/mol. The number of benzene rings is 2. The van der Waals surface area contributed by atoms with Gasteiger partial charge in [0.1, 0.15) is 23.1 Å². The fourth-order valence-corrected chi connectivity index (χ4v) is 10.3. The lowest BCUT2D eigenvalue weighted by atomic mass is 9.85. The number of pyridine rings is 1. The third-order valence-electron chi connectivity index (χ3n) is 13.6. The van der Waals surface area contributed by atoms with Gasteiger partial charge in [0.25, 0.3) is 5.56 Å². The van der Waals surface area contributed by atoms with Crippen LogP contribution >= 0.6 is 11.3 Å². The van der Waals surface area contributed by atoms with E-state index in [1.54, 1.807) is 54.1 Å². The minimum atomic E-state index is -1.19. The summed E-state index contributed by atoms with van der Waals surface area (Å²) in [5.41, 5.74) is 5.36. The molecule has 19 nitrogen and oxygen atoms in total. The zero-order valence-corrected chi connectivity index (χ0v) is 44.6. The normalized spacial score (nSPS) is 16.8. The number of hydrogen-bond acceptors (Lipinski definition) is 15. The summed E-state index contributed by atoms with van der Waals surface area (Å²) in [4.78, 5) is 79.7. The van der Waals surface area contributed by atoms with Crippen molar-refractivity contribution in [3.63, 3.8) is 0 Å². The van der Waals surface area contributed by atoms with Gasteiger partial charge in [-0.3, -0.25) is 24.1 Å². The van der Waals surface area contributed by atoms with Gasteiger partial charge in [0.15, 0.2) is 11.5 Å². The molecule has 3 atom stereocenters. The van der Waals surface area contributed by atoms with E-state index in [0.717, 1.165) is 72.2 Å². The molecule has 2 aliphatic heterocycles. The second-order valence-electron chi connectivity index (χ2n) is 20.9. The number of aliphatic hydroxyl groups excluding tert-OH is 1. The number of aryl methyl sites for hydroxylation is 1. The molecule has 0 radical (unpaired) electrons. The van der Waals surface area contributed by atoms with Gasteiger partial charge in [-0.25, -0.2) is 24.3 Å². The van der Waals surface area contributed by atoms with Crippen molar-refractivity contribution in [2.24, 2.45) is 5.41 Å². The predicted octanol–water partition coefficient (Wildman–Crippen LogP) is 5.68. The van der Waals surface area contributed by atoms with Crippen LogP contribution in [-0.2, 0) is 37.8 Å². The largest absolute Gasteiger partial charge is 0.391 e. The Morgan fingerprint density at radius 1 is 0.947 bits per heavy atom. The summed E-state index contributed by atoms with van der Waals surface area (Å²) in [6, 6.07) is 19.5. The maximum absolute atomic E-state index is 14.1. The Balaban J connectivity index is 0.741. The summed E-state index contributed by atoms with van der Waals surface area (Å²) in [7, 11) is 0. The van der Waals surface area contributed by atoms with E-state index in [9.17, 15) is 29.4 Å². The van der Waals surface area contributed by atoms with Gasteiger partial charge in [-0.2, -0.15) is 4.98 Å². The number of likely N-dealkylation sites (tertiary alicyclic amines) is 1. The number of anilines is 3. The molecule has 0 spiro atoms. The van der Waals surface area contributed by atoms with Crippen LogP contribution in [0.25, 0.3) is 27.3 Å². The van der Waals surface area contributed by atoms with Gasteiger partial charge in [-0.15, -0.1) is 17.9 Å². The first kappa shape index (κ1) is 54.4. The number of nitrogens with zero attached hydrogens (tertiary/aromatic N) is 9. The van der Waals surface area contributed by atoms with E-state index in [1.165, 1.54) is 15.8 Å². The lowest BCUT2D eigenvalue weighted by Gasteiger charge is -2.36. The van der Waals surface area contributed by atoms with Gasteiger partial charge in [0, 0.05) is 89.4 Å². The Morgan fingerprint density at radius 3 is 2.36 bits per heavy atom. The third-order valence-corrected chi connectivity index (χ3v) is 14.6. The molecule has 6 aromatic rings. The van der Waals surface area contributed by atoms with Crippen LogP contribution in [0, 0.1) is 12.3 Å². The molecule has 0 aliphatic carbocycles. The summed E-state index contributed by atoms with van der Waals surface area (Å²) in [6.07, 6.45) is 3.94. The SMILES string of the molecule is C=CCn1c(=O)c2cnc(Nc3ccc(N4CCN(CCCOCCCC(=O)N[C@H](C(=O)N5C[C@H](O)C[C@H]5C(=O)NCc5ccc(-c6scnc6C)cc5)C(C)(C)C)CC4)cc3)nc2n1-c1cccc(C(C)(C)O)n1. The number of allylic oxidation sites excluding steroid dienone is 1. The first-order chi connectivity index (χ1) is 35.9. The highest BCUT2D eigenvalue weighted by molar-refractivity contribution is 7.13. The summed E-state index contributed by atoms with van der Waals surface area (Å²) in [5, 5.41) is 30.7. The molecule has 2 aromatic carbocycles. The topological polar surface area (TPSA) is 225 Å². The maximum atomic E-state index is 14.1. The van der Waals surface area contributed by atoms with Gasteiger partial charge in [0.05, 0.1) is 34.4 Å². The van der Waals surface area contributed by atoms with Gasteiger partial charge in [-0.05, 0) is 86.6 Å². The van der Waals surface area contributed by atoms with E-state index in [2.05, 4.69) is 59.4 Å². The summed E-state index contributed by atoms with van der Waals surface area (Å²) in [5.74, 6) is -0.260. The van der Waals surface area contributed by atoms with Gasteiger partial charge in [-0.1, -0.05) is 57.2 Å². The van der Waals surface area contributed by atoms with Gasteiger partial charge in [0.2, 0.25) is 23.7 Å². The zero-order chi connectivity index (χ0) is 53.4. The monoisotopic (exact) mass is 1040 g/mol. The van der Waals surface area contributed by atoms with Crippen LogP contribution in [0.15, 0.2) is 95.9 Å². The van der Waals surface area contributed by atoms with Crippen LogP contribution < -0.4 is 26.4 Å². The summed E-state index contributed by atoms with van der Waals surface area (Å²) < 4.78 is 9.05. The highest BCUT2D eigenvalue weighted by Gasteiger charge is 2.44. The molecule has 20 heteroatoms. The number of hydrogen-bond donors (Lipinski definition) is 5. The highest BCUT2D eigenvalue weighted by atomic mass is 32.1. The summed E-state index contributed by atoms with van der Waals surface area (Å²) in [6.45, 7) is 20.7. The van der Waals surface area contributed by atoms with Crippen LogP contribution in [-0.4, -0.2) is 138 Å². The molecule has 0 saturated carbocycles. The molecular weight excluding hydrogens is 973 g/mol. The summed E-state index contributed by atoms with van der Waals surface area (Å²) >= 11 is 1.58. The average Bonchev–Trinajstić information content (AvgIpc) is 4.08. The smallest absolute Gasteiger partial charge is 0.278 e. The average molecular weight is 1040 g/mol. The van der Waals surface area contributed by atoms with E-state index in [0.29, 0.717) is 48.1 Å². The van der Waals surface area contributed by atoms with E-state index in [-0.39, 0.29) is 49.8 Å². The van der Waals surface area contributed by atoms with Gasteiger partial charge >= 0.3 is 0 Å². The Bertz CT molecular complexity index is 3010. The molecule has 2 fully saturated rings. The molecule has 8 rings (SSSR count). The van der Waals surface area contributed by atoms with Crippen LogP contribution in [0.3, 0.4) is 0 Å². The Kier molecular flexibility index (Phi) is 17.3. The standard InChI is InChI=1S/C55H70N12O7S/c1-8-23-66-51(71)42-33-57-53(62-49(42)67(66)45-13-9-12-44(60-45)55(6,7)73)59-39-19-21-40(22-20-39)64-27-25-63(26-28-64)24-11-30-74-29-10-14-46(69)61-48(54(3,4)5)52(72)65-34-41(68)31-43(65)50(70)56-32-37-15-17-38(18-16-37)47-36(2)58-35-75-47/h8-9,12-13,15-22,33,35,41,43,48,68,73H,1,10-11,14,23-32,34H2,2-7H3,(H,56,70)(H,61,69)(H,57,59,62)/t41-,43+,48-/m1/s1. The minimum absolute atomic E-state index is 0.0118. The van der Waals surface area contributed by atoms with E-state index >= 15 is 0 Å². The molecule has 3 amide bonds. The Hall–Kier alpha value is -6.84. The number of fused-ring (bicyclic) bond motifs is 1. The van der Waals surface area contributed by atoms with Crippen molar-refractivity contribution in [3.8, 4) is 16.3 Å². The number of amides is 3. The second kappa shape index (κ2) is 23.8. The van der Waals surface area contributed by atoms with Crippen molar-refractivity contribution in [1.29, 1.82) is 0 Å². The number of thiazole rings is 1. The Morgan fingerprint density at radius 2 is 1.68 bits per heavy atom. The maximum Gasteiger partial charge on any atom is 0.278 e. The van der Waals surface area contributed by atoms with E-state index in [4.69, 9.17) is 9.72 Å². The number of carbonyl (C=O) groups excluding carboxylic acids is 3. The molecule has 5 N–H and O–H groups in total.